The van der Waals surface area contributed by atoms with E-state index in [1.54, 1.807) is 11.6 Å². The first-order valence-electron chi connectivity index (χ1n) is 3.70. The second kappa shape index (κ2) is 2.99. The van der Waals surface area contributed by atoms with Crippen LogP contribution in [0.4, 0.5) is 0 Å². The average Bonchev–Trinajstić information content (AvgIpc) is 2.17. The predicted octanol–water partition coefficient (Wildman–Crippen LogP) is 2.58. The van der Waals surface area contributed by atoms with Crippen LogP contribution in [0.25, 0.3) is 10.8 Å². The van der Waals surface area contributed by atoms with E-state index in [2.05, 4.69) is 4.98 Å². The molecular formula is C10H7NS. The molecule has 0 atom stereocenters. The van der Waals surface area contributed by atoms with Crippen LogP contribution in [0.2, 0.25) is 0 Å². The Morgan fingerprint density at radius 2 is 2.17 bits per heavy atom. The minimum atomic E-state index is 1.09. The third kappa shape index (κ3) is 1.10. The molecule has 0 aliphatic rings. The number of hydrogen-bond donors (Lipinski definition) is 0. The molecule has 58 valence electrons. The van der Waals surface area contributed by atoms with Gasteiger partial charge in [-0.1, -0.05) is 30.4 Å². The highest BCUT2D eigenvalue weighted by Gasteiger charge is 1.95. The number of hydrogen-bond acceptors (Lipinski definition) is 2. The van der Waals surface area contributed by atoms with Crippen molar-refractivity contribution in [3.05, 3.63) is 42.2 Å². The number of benzene rings is 1. The molecule has 0 bridgehead atoms. The van der Waals surface area contributed by atoms with Crippen molar-refractivity contribution in [2.75, 3.05) is 0 Å². The van der Waals surface area contributed by atoms with Gasteiger partial charge in [0.2, 0.25) is 0 Å². The number of aromatic nitrogens is 1. The zero-order valence-electron chi connectivity index (χ0n) is 6.40. The van der Waals surface area contributed by atoms with Crippen LogP contribution in [0, 0.1) is 0 Å². The summed E-state index contributed by atoms with van der Waals surface area (Å²) in [5.41, 5.74) is 1.09. The van der Waals surface area contributed by atoms with Gasteiger partial charge in [0.25, 0.3) is 0 Å². The maximum Gasteiger partial charge on any atom is 0.0346 e. The minimum Gasteiger partial charge on any atom is -0.264 e. The topological polar surface area (TPSA) is 12.9 Å². The molecule has 2 aromatic rings. The highest BCUT2D eigenvalue weighted by Crippen LogP contribution is 2.15. The lowest BCUT2D eigenvalue weighted by Gasteiger charge is -1.98. The number of nitrogens with zero attached hydrogens (tertiary/aromatic N) is 1. The number of pyridine rings is 1. The van der Waals surface area contributed by atoms with Gasteiger partial charge < -0.3 is 0 Å². The molecule has 0 fully saturated rings. The van der Waals surface area contributed by atoms with E-state index >= 15 is 0 Å². The normalized spacial score (nSPS) is 10.0. The summed E-state index contributed by atoms with van der Waals surface area (Å²) >= 11 is 4.90. The van der Waals surface area contributed by atoms with Gasteiger partial charge in [0.15, 0.2) is 0 Å². The molecule has 0 radical (unpaired) electrons. The fourth-order valence-electron chi connectivity index (χ4n) is 1.25. The van der Waals surface area contributed by atoms with E-state index in [1.165, 1.54) is 5.39 Å². The van der Waals surface area contributed by atoms with Gasteiger partial charge in [-0.05, 0) is 17.0 Å². The van der Waals surface area contributed by atoms with Gasteiger partial charge in [0.05, 0.1) is 0 Å². The third-order valence-corrected chi connectivity index (χ3v) is 2.10. The highest BCUT2D eigenvalue weighted by molar-refractivity contribution is 7.79. The van der Waals surface area contributed by atoms with E-state index < -0.39 is 0 Å². The molecule has 1 heterocycles. The molecule has 0 aliphatic heterocycles. The average molecular weight is 173 g/mol. The van der Waals surface area contributed by atoms with Crippen molar-refractivity contribution in [1.82, 2.24) is 4.98 Å². The van der Waals surface area contributed by atoms with Crippen LogP contribution in [-0.4, -0.2) is 10.4 Å². The maximum atomic E-state index is 4.90. The van der Waals surface area contributed by atoms with Crippen molar-refractivity contribution in [3.8, 4) is 0 Å². The van der Waals surface area contributed by atoms with Crippen molar-refractivity contribution < 1.29 is 0 Å². The molecule has 1 nitrogen and oxygen atoms in total. The lowest BCUT2D eigenvalue weighted by molar-refractivity contribution is 1.36. The Labute approximate surface area is 76.1 Å². The Hall–Kier alpha value is -1.28. The van der Waals surface area contributed by atoms with Gasteiger partial charge in [-0.3, -0.25) is 4.98 Å². The Morgan fingerprint density at radius 3 is 3.00 bits per heavy atom. The molecule has 0 unspecified atom stereocenters. The van der Waals surface area contributed by atoms with Crippen molar-refractivity contribution in [3.63, 3.8) is 0 Å². The molecule has 12 heavy (non-hydrogen) atoms. The van der Waals surface area contributed by atoms with Gasteiger partial charge in [0.1, 0.15) is 0 Å². The monoisotopic (exact) mass is 173 g/mol. The van der Waals surface area contributed by atoms with Crippen LogP contribution >= 0.6 is 12.2 Å². The van der Waals surface area contributed by atoms with Gasteiger partial charge in [-0.2, -0.15) is 0 Å². The molecule has 0 amide bonds. The first-order chi connectivity index (χ1) is 5.92. The van der Waals surface area contributed by atoms with E-state index in [0.717, 1.165) is 10.9 Å². The fraction of sp³-hybridized carbons (Fsp3) is 0. The van der Waals surface area contributed by atoms with E-state index in [0.29, 0.717) is 0 Å². The second-order valence-electron chi connectivity index (χ2n) is 2.56. The quantitative estimate of drug-likeness (QED) is 0.615. The van der Waals surface area contributed by atoms with E-state index in [1.807, 2.05) is 30.5 Å². The number of thiocarbonyl (C=S) groups is 1. The van der Waals surface area contributed by atoms with E-state index in [-0.39, 0.29) is 0 Å². The standard InChI is InChI=1S/C10H7NS/c12-7-9-3-1-2-8-6-11-5-4-10(8)9/h1-7H. The van der Waals surface area contributed by atoms with Crippen LogP contribution in [0.3, 0.4) is 0 Å². The van der Waals surface area contributed by atoms with Crippen LogP contribution in [0.15, 0.2) is 36.7 Å². The summed E-state index contributed by atoms with van der Waals surface area (Å²) in [6.07, 6.45) is 3.63. The van der Waals surface area contributed by atoms with Crippen LogP contribution in [0.1, 0.15) is 5.56 Å². The third-order valence-electron chi connectivity index (χ3n) is 1.84. The molecule has 1 aromatic heterocycles. The summed E-state index contributed by atoms with van der Waals surface area (Å²) in [6, 6.07) is 8.01. The van der Waals surface area contributed by atoms with Gasteiger partial charge >= 0.3 is 0 Å². The summed E-state index contributed by atoms with van der Waals surface area (Å²) < 4.78 is 0. The zero-order valence-corrected chi connectivity index (χ0v) is 7.21. The van der Waals surface area contributed by atoms with Crippen LogP contribution in [0.5, 0.6) is 0 Å². The minimum absolute atomic E-state index is 1.09. The van der Waals surface area contributed by atoms with Crippen LogP contribution in [-0.2, 0) is 0 Å². The largest absolute Gasteiger partial charge is 0.264 e. The Morgan fingerprint density at radius 1 is 1.25 bits per heavy atom. The number of fused-ring (bicyclic) bond motifs is 1. The Kier molecular flexibility index (Phi) is 1.84. The van der Waals surface area contributed by atoms with E-state index in [9.17, 15) is 0 Å². The van der Waals surface area contributed by atoms with E-state index in [4.69, 9.17) is 12.2 Å². The predicted molar refractivity (Wildman–Crippen MR) is 54.5 cm³/mol. The molecule has 0 N–H and O–H groups in total. The molecule has 0 saturated heterocycles. The second-order valence-corrected chi connectivity index (χ2v) is 2.80. The molecule has 2 heteroatoms. The Balaban J connectivity index is 2.88. The molecule has 1 aromatic carbocycles. The lowest BCUT2D eigenvalue weighted by atomic mass is 10.1. The molecule has 0 saturated carbocycles. The van der Waals surface area contributed by atoms with Crippen LogP contribution < -0.4 is 0 Å². The SMILES string of the molecule is S=Cc1cccc2cnccc12. The van der Waals surface area contributed by atoms with Crippen molar-refractivity contribution >= 4 is 28.4 Å². The van der Waals surface area contributed by atoms with Crippen molar-refractivity contribution in [2.45, 2.75) is 0 Å². The van der Waals surface area contributed by atoms with Gasteiger partial charge in [0, 0.05) is 23.1 Å². The molecule has 0 aliphatic carbocycles. The van der Waals surface area contributed by atoms with Crippen molar-refractivity contribution in [2.24, 2.45) is 0 Å². The zero-order chi connectivity index (χ0) is 8.39. The summed E-state index contributed by atoms with van der Waals surface area (Å²) in [5, 5.41) is 4.00. The fourth-order valence-corrected chi connectivity index (χ4v) is 1.46. The van der Waals surface area contributed by atoms with Crippen molar-refractivity contribution in [1.29, 1.82) is 0 Å². The molecule has 2 rings (SSSR count). The maximum absolute atomic E-state index is 4.90. The van der Waals surface area contributed by atoms with Gasteiger partial charge in [-0.15, -0.1) is 0 Å². The highest BCUT2D eigenvalue weighted by atomic mass is 32.1. The smallest absolute Gasteiger partial charge is 0.0346 e. The summed E-state index contributed by atoms with van der Waals surface area (Å²) in [5.74, 6) is 0. The Bertz CT molecular complexity index is 418. The summed E-state index contributed by atoms with van der Waals surface area (Å²) in [6.45, 7) is 0. The lowest BCUT2D eigenvalue weighted by Crippen LogP contribution is -1.82. The summed E-state index contributed by atoms with van der Waals surface area (Å²) in [4.78, 5) is 4.04. The first kappa shape index (κ1) is 7.37. The number of rotatable bonds is 1. The molecular weight excluding hydrogens is 166 g/mol. The first-order valence-corrected chi connectivity index (χ1v) is 4.17. The molecule has 0 spiro atoms. The summed E-state index contributed by atoms with van der Waals surface area (Å²) in [7, 11) is 0. The van der Waals surface area contributed by atoms with Gasteiger partial charge in [-0.25, -0.2) is 0 Å².